The minimum absolute atomic E-state index is 0.148. The molecule has 10 nitrogen and oxygen atoms in total. The lowest BCUT2D eigenvalue weighted by molar-refractivity contribution is -0.304. The SMILES string of the molecule is O=CC1OC(OC(CNCC(O)C2CCc3cc(P)ccc3O2)C2CCc3cc(F)ccc3O2)C(O)C(O)C1O. The van der Waals surface area contributed by atoms with E-state index >= 15 is 0 Å². The van der Waals surface area contributed by atoms with Gasteiger partial charge in [0.2, 0.25) is 0 Å². The molecular formula is C28H35FNO9P. The summed E-state index contributed by atoms with van der Waals surface area (Å²) in [6.07, 6.45) is -7.52. The summed E-state index contributed by atoms with van der Waals surface area (Å²) in [6, 6.07) is 10.1. The highest BCUT2D eigenvalue weighted by molar-refractivity contribution is 7.27. The molecule has 5 rings (SSSR count). The highest BCUT2D eigenvalue weighted by Crippen LogP contribution is 2.32. The fraction of sp³-hybridized carbons (Fsp3) is 0.536. The van der Waals surface area contributed by atoms with Gasteiger partial charge in [0.25, 0.3) is 0 Å². The van der Waals surface area contributed by atoms with Crippen molar-refractivity contribution in [1.29, 1.82) is 0 Å². The van der Waals surface area contributed by atoms with Gasteiger partial charge in [-0.3, -0.25) is 0 Å². The Morgan fingerprint density at radius 1 is 0.975 bits per heavy atom. The van der Waals surface area contributed by atoms with E-state index in [0.29, 0.717) is 31.3 Å². The molecular weight excluding hydrogens is 544 g/mol. The number of aryl methyl sites for hydroxylation is 2. The summed E-state index contributed by atoms with van der Waals surface area (Å²) in [4.78, 5) is 11.4. The first-order chi connectivity index (χ1) is 19.2. The van der Waals surface area contributed by atoms with Crippen LogP contribution in [0.2, 0.25) is 0 Å². The number of fused-ring (bicyclic) bond motifs is 2. The maximum absolute atomic E-state index is 13.7. The average molecular weight is 580 g/mol. The van der Waals surface area contributed by atoms with E-state index in [9.17, 15) is 29.6 Å². The molecule has 12 heteroatoms. The molecule has 2 aromatic carbocycles. The number of hydrogen-bond acceptors (Lipinski definition) is 10. The number of aliphatic hydroxyl groups excluding tert-OH is 4. The molecule has 218 valence electrons. The van der Waals surface area contributed by atoms with Gasteiger partial charge in [-0.15, -0.1) is 9.24 Å². The summed E-state index contributed by atoms with van der Waals surface area (Å²) in [6.45, 7) is 0.317. The van der Waals surface area contributed by atoms with Crippen LogP contribution in [-0.4, -0.2) is 94.9 Å². The van der Waals surface area contributed by atoms with E-state index in [0.717, 1.165) is 28.6 Å². The van der Waals surface area contributed by atoms with Gasteiger partial charge in [-0.05, 0) is 72.4 Å². The molecule has 10 unspecified atom stereocenters. The smallest absolute Gasteiger partial charge is 0.187 e. The van der Waals surface area contributed by atoms with E-state index in [4.69, 9.17) is 18.9 Å². The third-order valence-electron chi connectivity index (χ3n) is 7.65. The summed E-state index contributed by atoms with van der Waals surface area (Å²) in [5.41, 5.74) is 1.81. The van der Waals surface area contributed by atoms with Gasteiger partial charge in [0, 0.05) is 13.1 Å². The van der Waals surface area contributed by atoms with Crippen LogP contribution in [0.5, 0.6) is 11.5 Å². The maximum Gasteiger partial charge on any atom is 0.187 e. The molecule has 3 aliphatic rings. The van der Waals surface area contributed by atoms with Crippen LogP contribution in [0.25, 0.3) is 0 Å². The van der Waals surface area contributed by atoms with Crippen molar-refractivity contribution in [1.82, 2.24) is 5.32 Å². The molecule has 0 bridgehead atoms. The summed E-state index contributed by atoms with van der Waals surface area (Å²) in [7, 11) is 2.66. The number of nitrogens with one attached hydrogen (secondary N) is 1. The molecule has 10 atom stereocenters. The largest absolute Gasteiger partial charge is 0.487 e. The summed E-state index contributed by atoms with van der Waals surface area (Å²) >= 11 is 0. The Morgan fingerprint density at radius 3 is 2.40 bits per heavy atom. The van der Waals surface area contributed by atoms with Crippen LogP contribution in [0.3, 0.4) is 0 Å². The molecule has 0 spiro atoms. The summed E-state index contributed by atoms with van der Waals surface area (Å²) in [5, 5.41) is 45.9. The Kier molecular flexibility index (Phi) is 9.34. The van der Waals surface area contributed by atoms with Crippen molar-refractivity contribution in [2.24, 2.45) is 0 Å². The van der Waals surface area contributed by atoms with E-state index in [2.05, 4.69) is 14.6 Å². The first kappa shape index (κ1) is 29.3. The second-order valence-electron chi connectivity index (χ2n) is 10.5. The van der Waals surface area contributed by atoms with Gasteiger partial charge >= 0.3 is 0 Å². The van der Waals surface area contributed by atoms with Crippen molar-refractivity contribution in [2.45, 2.75) is 80.8 Å². The van der Waals surface area contributed by atoms with E-state index in [1.807, 2.05) is 18.2 Å². The fourth-order valence-corrected chi connectivity index (χ4v) is 5.68. The van der Waals surface area contributed by atoms with Crippen molar-refractivity contribution in [3.05, 3.63) is 53.3 Å². The van der Waals surface area contributed by atoms with Crippen molar-refractivity contribution >= 4 is 20.8 Å². The molecule has 0 amide bonds. The van der Waals surface area contributed by atoms with Gasteiger partial charge in [-0.1, -0.05) is 6.07 Å². The number of benzene rings is 2. The molecule has 3 heterocycles. The van der Waals surface area contributed by atoms with Crippen molar-refractivity contribution in [3.63, 3.8) is 0 Å². The first-order valence-electron chi connectivity index (χ1n) is 13.4. The lowest BCUT2D eigenvalue weighted by Gasteiger charge is -2.41. The second-order valence-corrected chi connectivity index (χ2v) is 11.2. The summed E-state index contributed by atoms with van der Waals surface area (Å²) in [5.74, 6) is 0.889. The monoisotopic (exact) mass is 579 g/mol. The molecule has 2 aromatic rings. The Balaban J connectivity index is 1.25. The van der Waals surface area contributed by atoms with Gasteiger partial charge < -0.3 is 49.5 Å². The van der Waals surface area contributed by atoms with Crippen molar-refractivity contribution in [2.75, 3.05) is 13.1 Å². The third kappa shape index (κ3) is 6.48. The second kappa shape index (κ2) is 12.8. The van der Waals surface area contributed by atoms with Crippen LogP contribution < -0.4 is 20.1 Å². The molecule has 5 N–H and O–H groups in total. The number of aliphatic hydroxyl groups is 4. The summed E-state index contributed by atoms with van der Waals surface area (Å²) < 4.78 is 37.3. The molecule has 3 aliphatic heterocycles. The van der Waals surface area contributed by atoms with Crippen LogP contribution >= 0.6 is 9.24 Å². The number of ether oxygens (including phenoxy) is 4. The van der Waals surface area contributed by atoms with Gasteiger partial charge in [-0.2, -0.15) is 0 Å². The van der Waals surface area contributed by atoms with Crippen molar-refractivity contribution < 1.29 is 48.6 Å². The van der Waals surface area contributed by atoms with Gasteiger partial charge in [0.1, 0.15) is 66.1 Å². The Hall–Kier alpha value is -2.21. The van der Waals surface area contributed by atoms with Gasteiger partial charge in [-0.25, -0.2) is 4.39 Å². The standard InChI is InChI=1S/C28H35FNO9P/c29-16-3-7-19-14(9-16)2-6-22(37-19)23(38-28-27(35)26(34)25(33)24(13-31)39-28)12-30-11-18(32)21-5-1-15-10-17(40)4-8-20(15)36-21/h3-4,7-10,13,18,21-28,30,32-35H,1-2,5-6,11-12,40H2. The van der Waals surface area contributed by atoms with E-state index in [-0.39, 0.29) is 18.9 Å². The van der Waals surface area contributed by atoms with Crippen LogP contribution in [0.15, 0.2) is 36.4 Å². The van der Waals surface area contributed by atoms with E-state index in [1.54, 1.807) is 0 Å². The fourth-order valence-electron chi connectivity index (χ4n) is 5.38. The molecule has 0 saturated carbocycles. The minimum Gasteiger partial charge on any atom is -0.487 e. The molecule has 1 saturated heterocycles. The van der Waals surface area contributed by atoms with Crippen LogP contribution in [-0.2, 0) is 27.1 Å². The molecule has 1 fully saturated rings. The third-order valence-corrected chi connectivity index (χ3v) is 8.01. The van der Waals surface area contributed by atoms with Crippen LogP contribution in [0, 0.1) is 5.82 Å². The van der Waals surface area contributed by atoms with Crippen LogP contribution in [0.1, 0.15) is 24.0 Å². The topological polar surface area (TPSA) is 147 Å². The molecule has 0 aromatic heterocycles. The Morgan fingerprint density at radius 2 is 1.65 bits per heavy atom. The molecule has 0 aliphatic carbocycles. The van der Waals surface area contributed by atoms with Crippen molar-refractivity contribution in [3.8, 4) is 11.5 Å². The number of carbonyl (C=O) groups is 1. The lowest BCUT2D eigenvalue weighted by Crippen LogP contribution is -2.60. The normalized spacial score (nSPS) is 31.2. The number of carbonyl (C=O) groups excluding carboxylic acids is 1. The lowest BCUT2D eigenvalue weighted by atomic mass is 9.97. The van der Waals surface area contributed by atoms with E-state index < -0.39 is 55.1 Å². The van der Waals surface area contributed by atoms with Gasteiger partial charge in [0.05, 0.1) is 0 Å². The molecule has 0 radical (unpaired) electrons. The average Bonchev–Trinajstić information content (AvgIpc) is 2.96. The number of aldehydes is 1. The highest BCUT2D eigenvalue weighted by Gasteiger charge is 2.46. The predicted octanol–water partition coefficient (Wildman–Crippen LogP) is -0.244. The zero-order valence-electron chi connectivity index (χ0n) is 21.8. The Labute approximate surface area is 233 Å². The highest BCUT2D eigenvalue weighted by atomic mass is 31.0. The number of rotatable bonds is 9. The number of hydrogen-bond donors (Lipinski definition) is 5. The first-order valence-corrected chi connectivity index (χ1v) is 14.0. The minimum atomic E-state index is -1.66. The van der Waals surface area contributed by atoms with Gasteiger partial charge in [0.15, 0.2) is 12.6 Å². The quantitative estimate of drug-likeness (QED) is 0.199. The number of halogens is 1. The molecule has 40 heavy (non-hydrogen) atoms. The van der Waals surface area contributed by atoms with E-state index in [1.165, 1.54) is 18.2 Å². The van der Waals surface area contributed by atoms with Crippen LogP contribution in [0.4, 0.5) is 4.39 Å². The Bertz CT molecular complexity index is 1190. The maximum atomic E-state index is 13.7. The zero-order chi connectivity index (χ0) is 28.4. The zero-order valence-corrected chi connectivity index (χ0v) is 22.9. The predicted molar refractivity (Wildman–Crippen MR) is 144 cm³/mol.